The Bertz CT molecular complexity index is 1080. The SMILES string of the molecule is CO/N=C(\C(=O)NC1C(=O)N2C(C(=O)[O-])=C(SCC3COC(C)(C)O3)CS[C@@H]12)c1csc(N)n1.[Na+]. The van der Waals surface area contributed by atoms with E-state index in [1.54, 1.807) is 0 Å². The topological polar surface area (TPSA) is 168 Å². The Balaban J connectivity index is 0.00000342. The molecule has 4 heterocycles. The van der Waals surface area contributed by atoms with E-state index < -0.39 is 35.0 Å². The van der Waals surface area contributed by atoms with Gasteiger partial charge in [-0.05, 0) is 13.8 Å². The van der Waals surface area contributed by atoms with Crippen molar-refractivity contribution in [2.24, 2.45) is 5.16 Å². The third-order valence-corrected chi connectivity index (χ3v) is 8.45. The number of carbonyl (C=O) groups excluding carboxylic acids is 3. The van der Waals surface area contributed by atoms with E-state index in [9.17, 15) is 19.5 Å². The van der Waals surface area contributed by atoms with Gasteiger partial charge in [-0.3, -0.25) is 14.5 Å². The Morgan fingerprint density at radius 3 is 2.80 bits per heavy atom. The number of fused-ring (bicyclic) bond motifs is 1. The number of nitrogens with one attached hydrogen (secondary N) is 1. The third kappa shape index (κ3) is 5.98. The fourth-order valence-electron chi connectivity index (χ4n) is 3.63. The van der Waals surface area contributed by atoms with E-state index in [4.69, 9.17) is 20.0 Å². The van der Waals surface area contributed by atoms with Gasteiger partial charge < -0.3 is 35.3 Å². The van der Waals surface area contributed by atoms with Crippen molar-refractivity contribution in [1.82, 2.24) is 15.2 Å². The molecule has 4 rings (SSSR count). The predicted octanol–water partition coefficient (Wildman–Crippen LogP) is -3.67. The number of hydrogen-bond donors (Lipinski definition) is 2. The van der Waals surface area contributed by atoms with Gasteiger partial charge in [0.15, 0.2) is 16.6 Å². The van der Waals surface area contributed by atoms with Gasteiger partial charge in [-0.15, -0.1) is 34.9 Å². The normalized spacial score (nSPS) is 25.5. The van der Waals surface area contributed by atoms with Crippen LogP contribution in [0.2, 0.25) is 0 Å². The molecule has 35 heavy (non-hydrogen) atoms. The number of aliphatic carboxylic acids is 1. The van der Waals surface area contributed by atoms with Gasteiger partial charge in [-0.2, -0.15) is 0 Å². The Labute approximate surface area is 235 Å². The van der Waals surface area contributed by atoms with Gasteiger partial charge in [-0.25, -0.2) is 4.98 Å². The summed E-state index contributed by atoms with van der Waals surface area (Å²) in [6, 6.07) is -0.941. The molecule has 3 aliphatic heterocycles. The van der Waals surface area contributed by atoms with Crippen LogP contribution in [-0.4, -0.2) is 81.9 Å². The number of nitrogens with two attached hydrogens (primary N) is 1. The van der Waals surface area contributed by atoms with E-state index in [0.717, 1.165) is 16.2 Å². The molecule has 2 saturated heterocycles. The number of oxime groups is 1. The number of anilines is 1. The number of carboxylic acids is 1. The second-order valence-corrected chi connectivity index (χ2v) is 11.0. The van der Waals surface area contributed by atoms with Gasteiger partial charge in [-0.1, -0.05) is 5.16 Å². The smallest absolute Gasteiger partial charge is 0.543 e. The van der Waals surface area contributed by atoms with Crippen molar-refractivity contribution >= 4 is 63.5 Å². The summed E-state index contributed by atoms with van der Waals surface area (Å²) in [5.41, 5.74) is 5.51. The summed E-state index contributed by atoms with van der Waals surface area (Å²) >= 11 is 3.77. The van der Waals surface area contributed by atoms with E-state index in [1.807, 2.05) is 13.8 Å². The van der Waals surface area contributed by atoms with E-state index in [1.165, 1.54) is 36.0 Å². The van der Waals surface area contributed by atoms with Crippen molar-refractivity contribution in [3.8, 4) is 0 Å². The maximum atomic E-state index is 12.9. The Kier molecular flexibility index (Phi) is 9.18. The molecule has 16 heteroatoms. The van der Waals surface area contributed by atoms with Crippen LogP contribution in [0.15, 0.2) is 21.1 Å². The number of hydrogen-bond acceptors (Lipinski definition) is 13. The number of rotatable bonds is 8. The van der Waals surface area contributed by atoms with Gasteiger partial charge in [0.2, 0.25) is 0 Å². The molecular weight excluding hydrogens is 529 g/mol. The van der Waals surface area contributed by atoms with Crippen LogP contribution in [0.5, 0.6) is 0 Å². The molecule has 12 nitrogen and oxygen atoms in total. The summed E-state index contributed by atoms with van der Waals surface area (Å²) in [5.74, 6) is -2.57. The van der Waals surface area contributed by atoms with Crippen molar-refractivity contribution in [3.05, 3.63) is 21.7 Å². The molecule has 0 saturated carbocycles. The second-order valence-electron chi connectivity index (χ2n) is 7.88. The first-order chi connectivity index (χ1) is 16.1. The van der Waals surface area contributed by atoms with Crippen LogP contribution in [-0.2, 0) is 28.7 Å². The third-order valence-electron chi connectivity index (χ3n) is 5.09. The van der Waals surface area contributed by atoms with E-state index >= 15 is 0 Å². The van der Waals surface area contributed by atoms with Crippen molar-refractivity contribution in [2.75, 3.05) is 31.0 Å². The number of β-lactam (4-membered cyclic amide) rings is 1. The van der Waals surface area contributed by atoms with Crippen LogP contribution in [0, 0.1) is 0 Å². The van der Waals surface area contributed by atoms with Crippen molar-refractivity contribution < 1.29 is 63.4 Å². The monoisotopic (exact) mass is 551 g/mol. The molecule has 1 aromatic heterocycles. The zero-order valence-electron chi connectivity index (χ0n) is 19.4. The predicted molar refractivity (Wildman–Crippen MR) is 124 cm³/mol. The standard InChI is InChI=1S/C19H23N5O7S3.Na/c1-19(2)30-4-8(31-19)5-32-10-7-33-16-12(15(26)24(16)13(10)17(27)28)22-14(25)11(23-29-3)9-6-34-18(20)21-9;/h6,8,12,16H,4-5,7H2,1-3H3,(H2,20,21)(H,22,25)(H,27,28);/q;+1/p-1/b23-11-;/t8?,12?,16-;/m0./s1. The molecule has 0 radical (unpaired) electrons. The van der Waals surface area contributed by atoms with Crippen LogP contribution in [0.25, 0.3) is 0 Å². The zero-order valence-corrected chi connectivity index (χ0v) is 23.9. The fraction of sp³-hybridized carbons (Fsp3) is 0.526. The first-order valence-electron chi connectivity index (χ1n) is 10.1. The molecule has 0 bridgehead atoms. The maximum absolute atomic E-state index is 12.9. The molecule has 2 amide bonds. The number of ether oxygens (including phenoxy) is 2. The Morgan fingerprint density at radius 1 is 1.49 bits per heavy atom. The van der Waals surface area contributed by atoms with Crippen LogP contribution < -0.4 is 45.7 Å². The molecule has 2 unspecified atom stereocenters. The summed E-state index contributed by atoms with van der Waals surface area (Å²) in [5, 5.41) is 19.4. The number of thioether (sulfide) groups is 2. The second kappa shape index (κ2) is 11.4. The largest absolute Gasteiger partial charge is 1.00 e. The molecule has 3 aliphatic rings. The number of amides is 2. The molecular formula is C19H22N5NaO7S3. The van der Waals surface area contributed by atoms with Crippen LogP contribution in [0.3, 0.4) is 0 Å². The number of nitrogen functional groups attached to an aromatic ring is 1. The van der Waals surface area contributed by atoms with Gasteiger partial charge in [0.1, 0.15) is 24.2 Å². The van der Waals surface area contributed by atoms with Gasteiger partial charge in [0.05, 0.1) is 24.4 Å². The number of thiazole rings is 1. The molecule has 0 spiro atoms. The quantitative estimate of drug-likeness (QED) is 0.141. The molecule has 2 fully saturated rings. The number of carbonyl (C=O) groups is 3. The molecule has 3 N–H and O–H groups in total. The summed E-state index contributed by atoms with van der Waals surface area (Å²) in [6.45, 7) is 4.02. The minimum Gasteiger partial charge on any atom is -0.543 e. The van der Waals surface area contributed by atoms with Crippen LogP contribution in [0.1, 0.15) is 19.5 Å². The molecule has 184 valence electrons. The van der Waals surface area contributed by atoms with Gasteiger partial charge in [0, 0.05) is 21.8 Å². The van der Waals surface area contributed by atoms with Crippen LogP contribution >= 0.6 is 34.9 Å². The van der Waals surface area contributed by atoms with E-state index in [2.05, 4.69) is 15.5 Å². The summed E-state index contributed by atoms with van der Waals surface area (Å²) < 4.78 is 11.3. The minimum absolute atomic E-state index is 0. The van der Waals surface area contributed by atoms with E-state index in [-0.39, 0.29) is 57.9 Å². The molecule has 3 atom stereocenters. The zero-order chi connectivity index (χ0) is 24.6. The summed E-state index contributed by atoms with van der Waals surface area (Å²) in [7, 11) is 1.27. The van der Waals surface area contributed by atoms with E-state index in [0.29, 0.717) is 23.0 Å². The summed E-state index contributed by atoms with van der Waals surface area (Å²) in [4.78, 5) is 48.0. The molecule has 1 aromatic rings. The van der Waals surface area contributed by atoms with Gasteiger partial charge >= 0.3 is 29.6 Å². The maximum Gasteiger partial charge on any atom is 1.00 e. The summed E-state index contributed by atoms with van der Waals surface area (Å²) in [6.07, 6.45) is -0.199. The average Bonchev–Trinajstić information content (AvgIpc) is 3.37. The number of carboxylic acid groups (broad SMARTS) is 1. The molecule has 0 aliphatic carbocycles. The molecule has 0 aromatic carbocycles. The van der Waals surface area contributed by atoms with Crippen molar-refractivity contribution in [1.29, 1.82) is 0 Å². The minimum atomic E-state index is -1.45. The van der Waals surface area contributed by atoms with Gasteiger partial charge in [0.25, 0.3) is 11.8 Å². The van der Waals surface area contributed by atoms with Crippen LogP contribution in [0.4, 0.5) is 5.13 Å². The number of aromatic nitrogens is 1. The fourth-order valence-corrected chi connectivity index (χ4v) is 6.78. The number of nitrogens with zero attached hydrogens (tertiary/aromatic N) is 3. The van der Waals surface area contributed by atoms with Crippen molar-refractivity contribution in [3.63, 3.8) is 0 Å². The Hall–Kier alpha value is -1.33. The Morgan fingerprint density at radius 2 is 2.23 bits per heavy atom. The first kappa shape index (κ1) is 28.2. The van der Waals surface area contributed by atoms with Crippen molar-refractivity contribution in [2.45, 2.75) is 37.2 Å². The first-order valence-corrected chi connectivity index (χ1v) is 13.0. The average molecular weight is 552 g/mol.